The number of hydrogen-bond acceptors (Lipinski definition) is 2. The molecular weight excluding hydrogens is 258 g/mol. The fourth-order valence-corrected chi connectivity index (χ4v) is 5.08. The van der Waals surface area contributed by atoms with E-state index in [9.17, 15) is 0 Å². The maximum atomic E-state index is 6.49. The normalized spacial score (nSPS) is 45.0. The van der Waals surface area contributed by atoms with E-state index < -0.39 is 0 Å². The minimum Gasteiger partial charge on any atom is -0.404 e. The van der Waals surface area contributed by atoms with Crippen LogP contribution in [0.5, 0.6) is 0 Å². The van der Waals surface area contributed by atoms with E-state index >= 15 is 0 Å². The van der Waals surface area contributed by atoms with Crippen molar-refractivity contribution in [1.82, 2.24) is 0 Å². The Labute approximate surface area is 122 Å². The van der Waals surface area contributed by atoms with Crippen LogP contribution in [-0.2, 0) is 9.31 Å². The summed E-state index contributed by atoms with van der Waals surface area (Å²) >= 11 is 6.49. The van der Waals surface area contributed by atoms with Crippen LogP contribution < -0.4 is 0 Å². The second kappa shape index (κ2) is 4.38. The fourth-order valence-electron chi connectivity index (χ4n) is 4.61. The van der Waals surface area contributed by atoms with Crippen molar-refractivity contribution in [3.05, 3.63) is 0 Å². The molecular formula is C15H26BClO2. The Morgan fingerprint density at radius 3 is 2.53 bits per heavy atom. The molecule has 3 unspecified atom stereocenters. The zero-order chi connectivity index (χ0) is 14.0. The average molecular weight is 285 g/mol. The molecule has 5 atom stereocenters. The summed E-state index contributed by atoms with van der Waals surface area (Å²) in [6.07, 6.45) is 3.64. The molecule has 108 valence electrons. The highest BCUT2D eigenvalue weighted by atomic mass is 35.5. The monoisotopic (exact) mass is 284 g/mol. The van der Waals surface area contributed by atoms with Crippen LogP contribution in [0.1, 0.15) is 53.9 Å². The van der Waals surface area contributed by atoms with E-state index in [1.807, 2.05) is 0 Å². The summed E-state index contributed by atoms with van der Waals surface area (Å²) in [5.41, 5.74) is 0.288. The maximum Gasteiger partial charge on any atom is 0.476 e. The van der Waals surface area contributed by atoms with Gasteiger partial charge in [0.25, 0.3) is 0 Å². The summed E-state index contributed by atoms with van der Waals surface area (Å²) in [7, 11) is -0.214. The second-order valence-electron chi connectivity index (χ2n) is 7.98. The number of hydrogen-bond donors (Lipinski definition) is 0. The van der Waals surface area contributed by atoms with Crippen LogP contribution in [0.25, 0.3) is 0 Å². The topological polar surface area (TPSA) is 18.5 Å². The molecule has 1 aliphatic heterocycles. The third-order valence-corrected chi connectivity index (χ3v) is 6.34. The van der Waals surface area contributed by atoms with Crippen molar-refractivity contribution >= 4 is 18.7 Å². The van der Waals surface area contributed by atoms with Crippen molar-refractivity contribution in [2.45, 2.75) is 70.9 Å². The Morgan fingerprint density at radius 1 is 1.26 bits per heavy atom. The molecule has 4 rings (SSSR count). The highest BCUT2D eigenvalue weighted by Gasteiger charge is 2.68. The van der Waals surface area contributed by atoms with Gasteiger partial charge in [0.15, 0.2) is 0 Å². The van der Waals surface area contributed by atoms with Crippen molar-refractivity contribution in [3.8, 4) is 0 Å². The summed E-state index contributed by atoms with van der Waals surface area (Å²) in [6, 6.07) is 0. The van der Waals surface area contributed by atoms with Crippen LogP contribution in [0, 0.1) is 23.2 Å². The largest absolute Gasteiger partial charge is 0.476 e. The molecule has 4 fully saturated rings. The van der Waals surface area contributed by atoms with Crippen LogP contribution in [0.4, 0.5) is 0 Å². The van der Waals surface area contributed by atoms with E-state index in [0.717, 1.165) is 18.8 Å². The number of rotatable bonds is 3. The minimum absolute atomic E-state index is 0.0252. The Balaban J connectivity index is 1.74. The van der Waals surface area contributed by atoms with Gasteiger partial charge in [0, 0.05) is 0 Å². The lowest BCUT2D eigenvalue weighted by Gasteiger charge is -2.64. The Kier molecular flexibility index (Phi) is 3.28. The lowest BCUT2D eigenvalue weighted by atomic mass is 9.43. The van der Waals surface area contributed by atoms with Crippen LogP contribution in [0.3, 0.4) is 0 Å². The molecule has 0 radical (unpaired) electrons. The van der Waals surface area contributed by atoms with Crippen LogP contribution in [-0.4, -0.2) is 24.1 Å². The fraction of sp³-hybridized carbons (Fsp3) is 1.00. The van der Waals surface area contributed by atoms with E-state index in [1.54, 1.807) is 0 Å². The summed E-state index contributed by atoms with van der Waals surface area (Å²) in [5.74, 6) is 2.00. The van der Waals surface area contributed by atoms with Gasteiger partial charge in [0.1, 0.15) is 0 Å². The number of halogens is 1. The summed E-state index contributed by atoms with van der Waals surface area (Å²) < 4.78 is 12.5. The molecule has 1 saturated heterocycles. The highest BCUT2D eigenvalue weighted by molar-refractivity contribution is 6.59. The zero-order valence-corrected chi connectivity index (χ0v) is 13.5. The first-order valence-corrected chi connectivity index (χ1v) is 8.16. The van der Waals surface area contributed by atoms with E-state index in [0.29, 0.717) is 17.3 Å². The van der Waals surface area contributed by atoms with Crippen molar-refractivity contribution < 1.29 is 9.31 Å². The Hall–Kier alpha value is 0.275. The molecule has 0 spiro atoms. The first-order chi connectivity index (χ1) is 8.75. The molecule has 4 heteroatoms. The van der Waals surface area contributed by atoms with Crippen LogP contribution >= 0.6 is 11.6 Å². The molecule has 0 aromatic carbocycles. The molecule has 4 aliphatic rings. The Morgan fingerprint density at radius 2 is 1.95 bits per heavy atom. The van der Waals surface area contributed by atoms with E-state index in [-0.39, 0.29) is 24.1 Å². The van der Waals surface area contributed by atoms with Gasteiger partial charge in [-0.3, -0.25) is 0 Å². The van der Waals surface area contributed by atoms with E-state index in [2.05, 4.69) is 34.6 Å². The van der Waals surface area contributed by atoms with Crippen molar-refractivity contribution in [2.75, 3.05) is 0 Å². The van der Waals surface area contributed by atoms with Gasteiger partial charge in [-0.05, 0) is 49.4 Å². The van der Waals surface area contributed by atoms with Gasteiger partial charge in [-0.15, -0.1) is 11.6 Å². The van der Waals surface area contributed by atoms with Gasteiger partial charge in [-0.25, -0.2) is 0 Å². The molecule has 1 heterocycles. The Bertz CT molecular complexity index is 373. The van der Waals surface area contributed by atoms with Gasteiger partial charge in [0.2, 0.25) is 0 Å². The molecule has 2 bridgehead atoms. The predicted molar refractivity (Wildman–Crippen MR) is 79.2 cm³/mol. The molecule has 2 nitrogen and oxygen atoms in total. The first-order valence-electron chi connectivity index (χ1n) is 7.72. The third kappa shape index (κ3) is 1.99. The van der Waals surface area contributed by atoms with Gasteiger partial charge in [0.05, 0.1) is 17.0 Å². The summed E-state index contributed by atoms with van der Waals surface area (Å²) in [5, 5.41) is -0.0252. The van der Waals surface area contributed by atoms with Crippen LogP contribution in [0.15, 0.2) is 0 Å². The molecule has 3 aliphatic carbocycles. The first kappa shape index (κ1) is 14.2. The van der Waals surface area contributed by atoms with E-state index in [4.69, 9.17) is 20.9 Å². The number of alkyl halides is 1. The van der Waals surface area contributed by atoms with Gasteiger partial charge in [-0.2, -0.15) is 0 Å². The van der Waals surface area contributed by atoms with Gasteiger partial charge >= 0.3 is 7.12 Å². The summed E-state index contributed by atoms with van der Waals surface area (Å²) in [4.78, 5) is 0. The quantitative estimate of drug-likeness (QED) is 0.578. The SMILES string of the molecule is CC(C)C[C@H](Cl)B1OC2CC3CC(C3(C)C)[C@@]2(C)O1. The minimum atomic E-state index is -0.214. The lowest BCUT2D eigenvalue weighted by Crippen LogP contribution is -2.65. The zero-order valence-electron chi connectivity index (χ0n) is 12.8. The summed E-state index contributed by atoms with van der Waals surface area (Å²) in [6.45, 7) is 11.4. The average Bonchev–Trinajstić information content (AvgIpc) is 2.64. The lowest BCUT2D eigenvalue weighted by molar-refractivity contribution is -0.199. The standard InChI is InChI=1S/C15H26BClO2/c1-9(2)6-13(17)16-18-12-8-10-7-11(14(10,3)4)15(12,5)19-16/h9-13H,6-8H2,1-5H3/t10?,11?,12?,13-,15+/m0/s1. The molecule has 0 N–H and O–H groups in total. The maximum absolute atomic E-state index is 6.49. The smallest absolute Gasteiger partial charge is 0.404 e. The van der Waals surface area contributed by atoms with Crippen molar-refractivity contribution in [1.29, 1.82) is 0 Å². The van der Waals surface area contributed by atoms with Gasteiger partial charge < -0.3 is 9.31 Å². The molecule has 0 amide bonds. The van der Waals surface area contributed by atoms with E-state index in [1.165, 1.54) is 6.42 Å². The van der Waals surface area contributed by atoms with Crippen LogP contribution in [0.2, 0.25) is 0 Å². The predicted octanol–water partition coefficient (Wildman–Crippen LogP) is 3.91. The van der Waals surface area contributed by atoms with Gasteiger partial charge in [-0.1, -0.05) is 27.7 Å². The third-order valence-electron chi connectivity index (χ3n) is 5.96. The molecule has 3 saturated carbocycles. The molecule has 0 aromatic rings. The van der Waals surface area contributed by atoms with Crippen molar-refractivity contribution in [2.24, 2.45) is 23.2 Å². The highest BCUT2D eigenvalue weighted by Crippen LogP contribution is 2.65. The van der Waals surface area contributed by atoms with Crippen molar-refractivity contribution in [3.63, 3.8) is 0 Å². The molecule has 0 aromatic heterocycles. The second-order valence-corrected chi connectivity index (χ2v) is 8.54. The molecule has 19 heavy (non-hydrogen) atoms.